The highest BCUT2D eigenvalue weighted by Crippen LogP contribution is 2.17. The highest BCUT2D eigenvalue weighted by molar-refractivity contribution is 5.84. The molecule has 1 saturated carbocycles. The molecule has 0 heterocycles. The van der Waals surface area contributed by atoms with Crippen molar-refractivity contribution < 1.29 is 14.3 Å². The van der Waals surface area contributed by atoms with Crippen molar-refractivity contribution in [1.29, 1.82) is 0 Å². The Morgan fingerprint density at radius 1 is 1.10 bits per heavy atom. The van der Waals surface area contributed by atoms with E-state index in [1.165, 1.54) is 12.8 Å². The maximum Gasteiger partial charge on any atom is 0.239 e. The number of hydrogen-bond donors (Lipinski definition) is 2. The number of para-hydroxylation sites is 1. The summed E-state index contributed by atoms with van der Waals surface area (Å²) in [5.41, 5.74) is 0. The highest BCUT2D eigenvalue weighted by Gasteiger charge is 2.17. The van der Waals surface area contributed by atoms with Crippen LogP contribution in [0.4, 0.5) is 0 Å². The van der Waals surface area contributed by atoms with Crippen molar-refractivity contribution in [1.82, 2.24) is 10.6 Å². The maximum atomic E-state index is 11.6. The zero-order chi connectivity index (χ0) is 14.9. The molecule has 1 fully saturated rings. The van der Waals surface area contributed by atoms with Gasteiger partial charge < -0.3 is 15.4 Å². The first-order chi connectivity index (χ1) is 10.2. The fourth-order valence-electron chi connectivity index (χ4n) is 2.39. The molecule has 1 aromatic carbocycles. The monoisotopic (exact) mass is 290 g/mol. The second-order valence-electron chi connectivity index (χ2n) is 5.24. The second-order valence-corrected chi connectivity index (χ2v) is 5.24. The minimum atomic E-state index is -0.174. The number of hydrogen-bond acceptors (Lipinski definition) is 3. The van der Waals surface area contributed by atoms with Gasteiger partial charge in [-0.3, -0.25) is 9.59 Å². The van der Waals surface area contributed by atoms with Crippen LogP contribution in [-0.4, -0.2) is 31.0 Å². The summed E-state index contributed by atoms with van der Waals surface area (Å²) in [5, 5.41) is 5.54. The van der Waals surface area contributed by atoms with E-state index in [2.05, 4.69) is 10.6 Å². The number of benzene rings is 1. The van der Waals surface area contributed by atoms with Gasteiger partial charge in [0.2, 0.25) is 11.8 Å². The summed E-state index contributed by atoms with van der Waals surface area (Å²) in [6.45, 7) is 0.348. The van der Waals surface area contributed by atoms with Gasteiger partial charge in [0, 0.05) is 6.04 Å². The molecule has 2 amide bonds. The third-order valence-electron chi connectivity index (χ3n) is 3.51. The van der Waals surface area contributed by atoms with Gasteiger partial charge in [0.05, 0.1) is 19.6 Å². The van der Waals surface area contributed by atoms with Crippen LogP contribution in [0.3, 0.4) is 0 Å². The summed E-state index contributed by atoms with van der Waals surface area (Å²) in [6.07, 6.45) is 4.68. The lowest BCUT2D eigenvalue weighted by Gasteiger charge is -2.12. The van der Waals surface area contributed by atoms with Crippen LogP contribution in [-0.2, 0) is 9.59 Å². The van der Waals surface area contributed by atoms with Crippen LogP contribution in [0, 0.1) is 0 Å². The van der Waals surface area contributed by atoms with E-state index < -0.39 is 0 Å². The van der Waals surface area contributed by atoms with Gasteiger partial charge in [0.1, 0.15) is 5.75 Å². The average Bonchev–Trinajstić information content (AvgIpc) is 2.99. The first-order valence-corrected chi connectivity index (χ1v) is 7.48. The lowest BCUT2D eigenvalue weighted by atomic mass is 10.2. The van der Waals surface area contributed by atoms with Crippen LogP contribution < -0.4 is 15.4 Å². The molecule has 0 saturated heterocycles. The Hall–Kier alpha value is -2.04. The molecule has 114 valence electrons. The Morgan fingerprint density at radius 2 is 1.81 bits per heavy atom. The first kappa shape index (κ1) is 15.4. The molecule has 2 N–H and O–H groups in total. The molecule has 2 rings (SSSR count). The maximum absolute atomic E-state index is 11.6. The molecular formula is C16H22N2O3. The van der Waals surface area contributed by atoms with Crippen LogP contribution in [0.5, 0.6) is 5.75 Å². The number of nitrogens with one attached hydrogen (secondary N) is 2. The Morgan fingerprint density at radius 3 is 2.52 bits per heavy atom. The smallest absolute Gasteiger partial charge is 0.239 e. The van der Waals surface area contributed by atoms with Crippen LogP contribution in [0.1, 0.15) is 32.1 Å². The lowest BCUT2D eigenvalue weighted by Crippen LogP contribution is -2.41. The summed E-state index contributed by atoms with van der Waals surface area (Å²) in [7, 11) is 0. The van der Waals surface area contributed by atoms with Crippen LogP contribution >= 0.6 is 0 Å². The molecule has 0 unspecified atom stereocenters. The topological polar surface area (TPSA) is 67.4 Å². The number of rotatable bonds is 7. The summed E-state index contributed by atoms with van der Waals surface area (Å²) >= 11 is 0. The van der Waals surface area contributed by atoms with Gasteiger partial charge in [-0.15, -0.1) is 0 Å². The minimum absolute atomic E-state index is 0.0423. The predicted molar refractivity (Wildman–Crippen MR) is 80.0 cm³/mol. The summed E-state index contributed by atoms with van der Waals surface area (Å²) in [6, 6.07) is 9.63. The molecule has 0 aromatic heterocycles. The Kier molecular flexibility index (Phi) is 6.06. The fourth-order valence-corrected chi connectivity index (χ4v) is 2.39. The zero-order valence-corrected chi connectivity index (χ0v) is 12.1. The fraction of sp³-hybridized carbons (Fsp3) is 0.500. The first-order valence-electron chi connectivity index (χ1n) is 7.48. The van der Waals surface area contributed by atoms with Crippen LogP contribution in [0.2, 0.25) is 0 Å². The van der Waals surface area contributed by atoms with Gasteiger partial charge in [0.25, 0.3) is 0 Å². The largest absolute Gasteiger partial charge is 0.493 e. The van der Waals surface area contributed by atoms with E-state index in [0.717, 1.165) is 18.6 Å². The molecule has 0 atom stereocenters. The van der Waals surface area contributed by atoms with E-state index in [4.69, 9.17) is 4.74 Å². The van der Waals surface area contributed by atoms with Crippen molar-refractivity contribution in [2.75, 3.05) is 13.2 Å². The van der Waals surface area contributed by atoms with E-state index in [1.54, 1.807) is 0 Å². The molecule has 1 aliphatic rings. The Labute approximate surface area is 125 Å². The van der Waals surface area contributed by atoms with Crippen LogP contribution in [0.15, 0.2) is 30.3 Å². The van der Waals surface area contributed by atoms with Gasteiger partial charge in [-0.2, -0.15) is 0 Å². The number of ether oxygens (including phenoxy) is 1. The third kappa shape index (κ3) is 5.85. The highest BCUT2D eigenvalue weighted by atomic mass is 16.5. The van der Waals surface area contributed by atoms with Crippen molar-refractivity contribution >= 4 is 11.8 Å². The van der Waals surface area contributed by atoms with Crippen molar-refractivity contribution in [2.24, 2.45) is 0 Å². The van der Waals surface area contributed by atoms with Crippen molar-refractivity contribution in [3.05, 3.63) is 30.3 Å². The quantitative estimate of drug-likeness (QED) is 0.802. The lowest BCUT2D eigenvalue weighted by molar-refractivity contribution is -0.126. The number of carbonyl (C=O) groups excluding carboxylic acids is 2. The van der Waals surface area contributed by atoms with E-state index in [1.807, 2.05) is 30.3 Å². The van der Waals surface area contributed by atoms with Gasteiger partial charge in [-0.05, 0) is 25.0 Å². The van der Waals surface area contributed by atoms with E-state index >= 15 is 0 Å². The predicted octanol–water partition coefficient (Wildman–Crippen LogP) is 1.63. The molecule has 0 spiro atoms. The Bertz CT molecular complexity index is 456. The minimum Gasteiger partial charge on any atom is -0.493 e. The van der Waals surface area contributed by atoms with Gasteiger partial charge in [0.15, 0.2) is 0 Å². The molecule has 5 nitrogen and oxygen atoms in total. The number of amides is 2. The summed E-state index contributed by atoms with van der Waals surface area (Å²) in [5.74, 6) is 0.455. The molecule has 0 aliphatic heterocycles. The number of carbonyl (C=O) groups is 2. The van der Waals surface area contributed by atoms with Crippen molar-refractivity contribution in [3.8, 4) is 5.75 Å². The molecule has 0 bridgehead atoms. The average molecular weight is 290 g/mol. The molecule has 21 heavy (non-hydrogen) atoms. The van der Waals surface area contributed by atoms with E-state index in [-0.39, 0.29) is 30.8 Å². The molecular weight excluding hydrogens is 268 g/mol. The molecule has 5 heteroatoms. The van der Waals surface area contributed by atoms with Crippen molar-refractivity contribution in [2.45, 2.75) is 38.1 Å². The van der Waals surface area contributed by atoms with E-state index in [0.29, 0.717) is 6.61 Å². The molecule has 1 aliphatic carbocycles. The molecule has 0 radical (unpaired) electrons. The SMILES string of the molecule is O=C(CCOc1ccccc1)NCC(=O)NC1CCCC1. The second kappa shape index (κ2) is 8.29. The van der Waals surface area contributed by atoms with Crippen molar-refractivity contribution in [3.63, 3.8) is 0 Å². The van der Waals surface area contributed by atoms with Gasteiger partial charge in [-0.25, -0.2) is 0 Å². The standard InChI is InChI=1S/C16H22N2O3/c19-15(10-11-21-14-8-2-1-3-9-14)17-12-16(20)18-13-6-4-5-7-13/h1-3,8-9,13H,4-7,10-12H2,(H,17,19)(H,18,20). The van der Waals surface area contributed by atoms with Gasteiger partial charge >= 0.3 is 0 Å². The third-order valence-corrected chi connectivity index (χ3v) is 3.51. The van der Waals surface area contributed by atoms with Gasteiger partial charge in [-0.1, -0.05) is 31.0 Å². The summed E-state index contributed by atoms with van der Waals surface area (Å²) in [4.78, 5) is 23.2. The summed E-state index contributed by atoms with van der Waals surface area (Å²) < 4.78 is 5.43. The molecule has 1 aromatic rings. The zero-order valence-electron chi connectivity index (χ0n) is 12.1. The Balaban J connectivity index is 1.55. The normalized spacial score (nSPS) is 14.7. The van der Waals surface area contributed by atoms with Crippen LogP contribution in [0.25, 0.3) is 0 Å². The van der Waals surface area contributed by atoms with E-state index in [9.17, 15) is 9.59 Å².